The first-order valence-electron chi connectivity index (χ1n) is 9.00. The SMILES string of the molecule is CCNC(=NCc1ncc(CC)s1)NCCCCN1CCCC1. The van der Waals surface area contributed by atoms with Crippen molar-refractivity contribution in [1.29, 1.82) is 0 Å². The summed E-state index contributed by atoms with van der Waals surface area (Å²) in [5, 5.41) is 7.84. The number of unbranched alkanes of at least 4 members (excludes halogenated alkanes) is 1. The summed E-state index contributed by atoms with van der Waals surface area (Å²) in [5.74, 6) is 0.905. The summed E-state index contributed by atoms with van der Waals surface area (Å²) in [6, 6.07) is 0. The summed E-state index contributed by atoms with van der Waals surface area (Å²) in [4.78, 5) is 13.0. The molecule has 1 saturated heterocycles. The van der Waals surface area contributed by atoms with E-state index in [9.17, 15) is 0 Å². The van der Waals surface area contributed by atoms with Crippen molar-refractivity contribution in [2.75, 3.05) is 32.7 Å². The molecule has 0 spiro atoms. The molecule has 0 atom stereocenters. The van der Waals surface area contributed by atoms with Crippen LogP contribution in [0.3, 0.4) is 0 Å². The quantitative estimate of drug-likeness (QED) is 0.413. The largest absolute Gasteiger partial charge is 0.357 e. The molecule has 0 bridgehead atoms. The lowest BCUT2D eigenvalue weighted by atomic mass is 10.3. The van der Waals surface area contributed by atoms with Crippen molar-refractivity contribution in [2.45, 2.75) is 52.5 Å². The molecule has 2 heterocycles. The Kier molecular flexibility index (Phi) is 8.39. The van der Waals surface area contributed by atoms with Crippen molar-refractivity contribution < 1.29 is 0 Å². The summed E-state index contributed by atoms with van der Waals surface area (Å²) in [6.07, 6.45) is 8.24. The zero-order valence-electron chi connectivity index (χ0n) is 14.6. The third kappa shape index (κ3) is 6.87. The minimum absolute atomic E-state index is 0.660. The van der Waals surface area contributed by atoms with Gasteiger partial charge in [0.15, 0.2) is 5.96 Å². The van der Waals surface area contributed by atoms with E-state index in [1.807, 2.05) is 6.20 Å². The van der Waals surface area contributed by atoms with Crippen molar-refractivity contribution in [3.63, 3.8) is 0 Å². The zero-order chi connectivity index (χ0) is 16.3. The van der Waals surface area contributed by atoms with Crippen molar-refractivity contribution in [2.24, 2.45) is 4.99 Å². The van der Waals surface area contributed by atoms with Crippen molar-refractivity contribution in [1.82, 2.24) is 20.5 Å². The molecule has 23 heavy (non-hydrogen) atoms. The first-order valence-corrected chi connectivity index (χ1v) is 9.81. The monoisotopic (exact) mass is 337 g/mol. The standard InChI is InChI=1S/C17H31N5S/c1-3-15-13-20-16(23-15)14-21-17(18-4-2)19-9-5-6-10-22-11-7-8-12-22/h13H,3-12,14H2,1-2H3,(H2,18,19,21). The second kappa shape index (κ2) is 10.6. The van der Waals surface area contributed by atoms with E-state index >= 15 is 0 Å². The lowest BCUT2D eigenvalue weighted by molar-refractivity contribution is 0.330. The van der Waals surface area contributed by atoms with Crippen LogP contribution in [-0.2, 0) is 13.0 Å². The van der Waals surface area contributed by atoms with E-state index in [1.165, 1.54) is 50.2 Å². The minimum Gasteiger partial charge on any atom is -0.357 e. The van der Waals surface area contributed by atoms with E-state index < -0.39 is 0 Å². The van der Waals surface area contributed by atoms with Gasteiger partial charge < -0.3 is 15.5 Å². The van der Waals surface area contributed by atoms with Crippen molar-refractivity contribution in [3.8, 4) is 0 Å². The smallest absolute Gasteiger partial charge is 0.191 e. The predicted molar refractivity (Wildman–Crippen MR) is 99.2 cm³/mol. The molecule has 6 heteroatoms. The molecule has 0 unspecified atom stereocenters. The summed E-state index contributed by atoms with van der Waals surface area (Å²) in [7, 11) is 0. The number of aliphatic imine (C=N–C) groups is 1. The average Bonchev–Trinajstić information content (AvgIpc) is 3.23. The van der Waals surface area contributed by atoms with Crippen LogP contribution in [0.25, 0.3) is 0 Å². The number of aryl methyl sites for hydroxylation is 1. The van der Waals surface area contributed by atoms with Gasteiger partial charge in [-0.1, -0.05) is 6.92 Å². The van der Waals surface area contributed by atoms with Gasteiger partial charge in [-0.05, 0) is 58.7 Å². The number of aromatic nitrogens is 1. The number of likely N-dealkylation sites (tertiary alicyclic amines) is 1. The van der Waals surface area contributed by atoms with Gasteiger partial charge in [-0.3, -0.25) is 0 Å². The number of hydrogen-bond donors (Lipinski definition) is 2. The fraction of sp³-hybridized carbons (Fsp3) is 0.765. The molecule has 1 aromatic heterocycles. The molecule has 0 radical (unpaired) electrons. The maximum atomic E-state index is 4.64. The Bertz CT molecular complexity index is 465. The third-order valence-electron chi connectivity index (χ3n) is 4.06. The van der Waals surface area contributed by atoms with Gasteiger partial charge in [0.2, 0.25) is 0 Å². The second-order valence-electron chi connectivity index (χ2n) is 5.95. The maximum absolute atomic E-state index is 4.64. The molecule has 2 N–H and O–H groups in total. The third-order valence-corrected chi connectivity index (χ3v) is 5.19. The van der Waals surface area contributed by atoms with Crippen LogP contribution >= 0.6 is 11.3 Å². The molecule has 0 saturated carbocycles. The van der Waals surface area contributed by atoms with Gasteiger partial charge >= 0.3 is 0 Å². The van der Waals surface area contributed by atoms with Gasteiger partial charge in [0.05, 0.1) is 6.54 Å². The molecule has 1 fully saturated rings. The van der Waals surface area contributed by atoms with E-state index in [0.717, 1.165) is 30.5 Å². The van der Waals surface area contributed by atoms with Gasteiger partial charge in [0, 0.05) is 24.2 Å². The highest BCUT2D eigenvalue weighted by molar-refractivity contribution is 7.11. The predicted octanol–water partition coefficient (Wildman–Crippen LogP) is 2.64. The van der Waals surface area contributed by atoms with Gasteiger partial charge in [0.1, 0.15) is 5.01 Å². The molecule has 2 rings (SSSR count). The summed E-state index contributed by atoms with van der Waals surface area (Å²) >= 11 is 1.76. The highest BCUT2D eigenvalue weighted by atomic mass is 32.1. The Hall–Kier alpha value is -1.14. The maximum Gasteiger partial charge on any atom is 0.191 e. The van der Waals surface area contributed by atoms with E-state index in [-0.39, 0.29) is 0 Å². The summed E-state index contributed by atoms with van der Waals surface area (Å²) in [5.41, 5.74) is 0. The highest BCUT2D eigenvalue weighted by Gasteiger charge is 2.10. The van der Waals surface area contributed by atoms with Crippen LogP contribution in [0.15, 0.2) is 11.2 Å². The number of guanidine groups is 1. The molecule has 1 aliphatic rings. The lowest BCUT2D eigenvalue weighted by Gasteiger charge is -2.15. The molecule has 0 aromatic carbocycles. The topological polar surface area (TPSA) is 52.6 Å². The van der Waals surface area contributed by atoms with E-state index in [1.54, 1.807) is 11.3 Å². The van der Waals surface area contributed by atoms with Crippen LogP contribution in [-0.4, -0.2) is 48.6 Å². The normalized spacial score (nSPS) is 16.0. The average molecular weight is 338 g/mol. The number of hydrogen-bond acceptors (Lipinski definition) is 4. The Morgan fingerprint density at radius 1 is 1.26 bits per heavy atom. The molecule has 1 aromatic rings. The summed E-state index contributed by atoms with van der Waals surface area (Å²) in [6.45, 7) is 10.6. The van der Waals surface area contributed by atoms with Crippen LogP contribution in [0, 0.1) is 0 Å². The molecule has 0 amide bonds. The number of nitrogens with one attached hydrogen (secondary N) is 2. The Morgan fingerprint density at radius 2 is 2.09 bits per heavy atom. The Balaban J connectivity index is 1.66. The van der Waals surface area contributed by atoms with E-state index in [4.69, 9.17) is 0 Å². The summed E-state index contributed by atoms with van der Waals surface area (Å²) < 4.78 is 0. The molecule has 0 aliphatic carbocycles. The first kappa shape index (κ1) is 18.2. The van der Waals surface area contributed by atoms with Crippen molar-refractivity contribution in [3.05, 3.63) is 16.1 Å². The first-order chi connectivity index (χ1) is 11.3. The fourth-order valence-electron chi connectivity index (χ4n) is 2.75. The van der Waals surface area contributed by atoms with Gasteiger partial charge in [-0.2, -0.15) is 0 Å². The number of thiazole rings is 1. The van der Waals surface area contributed by atoms with E-state index in [0.29, 0.717) is 6.54 Å². The lowest BCUT2D eigenvalue weighted by Crippen LogP contribution is -2.38. The number of rotatable bonds is 9. The van der Waals surface area contributed by atoms with Crippen LogP contribution in [0.5, 0.6) is 0 Å². The second-order valence-corrected chi connectivity index (χ2v) is 7.15. The van der Waals surface area contributed by atoms with Gasteiger partial charge in [-0.15, -0.1) is 11.3 Å². The van der Waals surface area contributed by atoms with Gasteiger partial charge in [-0.25, -0.2) is 9.98 Å². The molecular weight excluding hydrogens is 306 g/mol. The van der Waals surface area contributed by atoms with Crippen molar-refractivity contribution >= 4 is 17.3 Å². The zero-order valence-corrected chi connectivity index (χ0v) is 15.4. The van der Waals surface area contributed by atoms with Crippen LogP contribution in [0.2, 0.25) is 0 Å². The van der Waals surface area contributed by atoms with E-state index in [2.05, 4.69) is 39.4 Å². The van der Waals surface area contributed by atoms with Crippen LogP contribution in [0.1, 0.15) is 49.4 Å². The Morgan fingerprint density at radius 3 is 2.78 bits per heavy atom. The van der Waals surface area contributed by atoms with Crippen LogP contribution < -0.4 is 10.6 Å². The fourth-order valence-corrected chi connectivity index (χ4v) is 3.53. The van der Waals surface area contributed by atoms with Crippen LogP contribution in [0.4, 0.5) is 0 Å². The minimum atomic E-state index is 0.660. The molecular formula is C17H31N5S. The Labute approximate surface area is 144 Å². The highest BCUT2D eigenvalue weighted by Crippen LogP contribution is 2.14. The molecule has 130 valence electrons. The molecule has 5 nitrogen and oxygen atoms in total. The van der Waals surface area contributed by atoms with Gasteiger partial charge in [0.25, 0.3) is 0 Å². The molecule has 1 aliphatic heterocycles. The number of nitrogens with zero attached hydrogens (tertiary/aromatic N) is 3.